The standard InChI is InChI=1S/C18H20.C2H6/c1-4-6-15-11-13(3)16-8-5-7-14-10-9-12(2)17(15)18(14)16;1-2/h5,7-11,18H,4,6H2,1-3H3;1-2H3. The van der Waals surface area contributed by atoms with Crippen molar-refractivity contribution < 1.29 is 0 Å². The Morgan fingerprint density at radius 3 is 2.45 bits per heavy atom. The van der Waals surface area contributed by atoms with E-state index in [0.717, 1.165) is 0 Å². The highest BCUT2D eigenvalue weighted by Crippen LogP contribution is 2.46. The summed E-state index contributed by atoms with van der Waals surface area (Å²) >= 11 is 0. The van der Waals surface area contributed by atoms with E-state index in [2.05, 4.69) is 57.2 Å². The molecule has 20 heavy (non-hydrogen) atoms. The lowest BCUT2D eigenvalue weighted by Crippen LogP contribution is -2.20. The monoisotopic (exact) mass is 266 g/mol. The van der Waals surface area contributed by atoms with Crippen molar-refractivity contribution >= 4 is 0 Å². The lowest BCUT2D eigenvalue weighted by atomic mass is 9.69. The first-order valence-corrected chi connectivity index (χ1v) is 7.91. The van der Waals surface area contributed by atoms with Crippen LogP contribution in [0.15, 0.2) is 69.9 Å². The summed E-state index contributed by atoms with van der Waals surface area (Å²) in [5, 5.41) is 0. The maximum Gasteiger partial charge on any atom is 0.0347 e. The molecule has 0 heteroatoms. The largest absolute Gasteiger partial charge is 0.0683 e. The normalized spacial score (nSPS) is 22.9. The van der Waals surface area contributed by atoms with Crippen molar-refractivity contribution in [2.24, 2.45) is 5.92 Å². The van der Waals surface area contributed by atoms with E-state index in [9.17, 15) is 0 Å². The minimum atomic E-state index is 0.506. The molecule has 0 radical (unpaired) electrons. The zero-order chi connectivity index (χ0) is 14.7. The molecule has 0 aromatic carbocycles. The Balaban J connectivity index is 0.000000704. The predicted molar refractivity (Wildman–Crippen MR) is 89.6 cm³/mol. The van der Waals surface area contributed by atoms with Gasteiger partial charge in [0.1, 0.15) is 0 Å². The molecule has 1 atom stereocenters. The van der Waals surface area contributed by atoms with Crippen LogP contribution in [0.5, 0.6) is 0 Å². The molecule has 106 valence electrons. The average Bonchev–Trinajstić information content (AvgIpc) is 2.48. The molecule has 0 aromatic heterocycles. The van der Waals surface area contributed by atoms with Gasteiger partial charge in [0.25, 0.3) is 0 Å². The molecule has 0 aromatic rings. The van der Waals surface area contributed by atoms with Crippen molar-refractivity contribution in [2.75, 3.05) is 0 Å². The fraction of sp³-hybridized carbons (Fsp3) is 0.400. The SMILES string of the molecule is CC.CCCC1=CC(C)=C2C=CC=C3C=CC(C)=C1C32. The number of rotatable bonds is 2. The van der Waals surface area contributed by atoms with E-state index in [1.165, 1.54) is 35.1 Å². The molecule has 0 nitrogen and oxygen atoms in total. The van der Waals surface area contributed by atoms with Gasteiger partial charge in [0, 0.05) is 5.92 Å². The Hall–Kier alpha value is -1.56. The van der Waals surface area contributed by atoms with Crippen LogP contribution in [0.4, 0.5) is 0 Å². The zero-order valence-electron chi connectivity index (χ0n) is 13.5. The van der Waals surface area contributed by atoms with E-state index in [1.807, 2.05) is 13.8 Å². The molecule has 0 bridgehead atoms. The Morgan fingerprint density at radius 2 is 1.75 bits per heavy atom. The summed E-state index contributed by atoms with van der Waals surface area (Å²) in [6.45, 7) is 10.8. The van der Waals surface area contributed by atoms with Gasteiger partial charge in [-0.05, 0) is 53.7 Å². The van der Waals surface area contributed by atoms with E-state index in [0.29, 0.717) is 5.92 Å². The summed E-state index contributed by atoms with van der Waals surface area (Å²) < 4.78 is 0. The Bertz CT molecular complexity index is 571. The third kappa shape index (κ3) is 2.40. The van der Waals surface area contributed by atoms with Crippen LogP contribution >= 0.6 is 0 Å². The Kier molecular flexibility index (Phi) is 4.65. The van der Waals surface area contributed by atoms with Crippen LogP contribution in [-0.2, 0) is 0 Å². The second-order valence-electron chi connectivity index (χ2n) is 5.45. The Morgan fingerprint density at radius 1 is 1.00 bits per heavy atom. The highest BCUT2D eigenvalue weighted by Gasteiger charge is 2.31. The van der Waals surface area contributed by atoms with Gasteiger partial charge in [-0.25, -0.2) is 0 Å². The molecule has 0 fully saturated rings. The van der Waals surface area contributed by atoms with Crippen LogP contribution in [0.3, 0.4) is 0 Å². The van der Waals surface area contributed by atoms with Crippen molar-refractivity contribution in [3.63, 3.8) is 0 Å². The first-order valence-electron chi connectivity index (χ1n) is 7.91. The van der Waals surface area contributed by atoms with Crippen molar-refractivity contribution in [2.45, 2.75) is 47.5 Å². The molecule has 3 aliphatic rings. The maximum atomic E-state index is 2.40. The molecule has 0 amide bonds. The third-order valence-corrected chi connectivity index (χ3v) is 4.16. The zero-order valence-corrected chi connectivity index (χ0v) is 13.5. The minimum absolute atomic E-state index is 0.506. The van der Waals surface area contributed by atoms with Gasteiger partial charge in [0.15, 0.2) is 0 Å². The molecule has 1 unspecified atom stereocenters. The van der Waals surface area contributed by atoms with Gasteiger partial charge in [-0.3, -0.25) is 0 Å². The van der Waals surface area contributed by atoms with Crippen molar-refractivity contribution in [1.82, 2.24) is 0 Å². The maximum absolute atomic E-state index is 2.40. The topological polar surface area (TPSA) is 0 Å². The second kappa shape index (κ2) is 6.26. The van der Waals surface area contributed by atoms with Gasteiger partial charge in [-0.15, -0.1) is 0 Å². The van der Waals surface area contributed by atoms with Crippen LogP contribution in [0, 0.1) is 5.92 Å². The van der Waals surface area contributed by atoms with Gasteiger partial charge in [0.05, 0.1) is 0 Å². The summed E-state index contributed by atoms with van der Waals surface area (Å²) in [5.41, 5.74) is 8.94. The molecule has 0 saturated heterocycles. The molecular formula is C20H26. The van der Waals surface area contributed by atoms with Gasteiger partial charge >= 0.3 is 0 Å². The molecule has 0 spiro atoms. The molecule has 3 aliphatic carbocycles. The first-order chi connectivity index (χ1) is 9.72. The summed E-state index contributed by atoms with van der Waals surface area (Å²) in [4.78, 5) is 0. The predicted octanol–water partition coefficient (Wildman–Crippen LogP) is 6.07. The smallest absolute Gasteiger partial charge is 0.0347 e. The van der Waals surface area contributed by atoms with E-state index in [1.54, 1.807) is 11.1 Å². The van der Waals surface area contributed by atoms with Crippen LogP contribution in [0.1, 0.15) is 47.5 Å². The quantitative estimate of drug-likeness (QED) is 0.569. The van der Waals surface area contributed by atoms with E-state index >= 15 is 0 Å². The first kappa shape index (κ1) is 14.8. The van der Waals surface area contributed by atoms with Crippen LogP contribution < -0.4 is 0 Å². The third-order valence-electron chi connectivity index (χ3n) is 4.16. The fourth-order valence-electron chi connectivity index (χ4n) is 3.34. The number of allylic oxidation sites excluding steroid dienone is 12. The van der Waals surface area contributed by atoms with Gasteiger partial charge in [-0.2, -0.15) is 0 Å². The van der Waals surface area contributed by atoms with Gasteiger partial charge in [-0.1, -0.05) is 63.6 Å². The summed E-state index contributed by atoms with van der Waals surface area (Å²) in [6.07, 6.45) is 16.1. The summed E-state index contributed by atoms with van der Waals surface area (Å²) in [7, 11) is 0. The van der Waals surface area contributed by atoms with Crippen LogP contribution in [0.2, 0.25) is 0 Å². The number of hydrogen-bond acceptors (Lipinski definition) is 0. The van der Waals surface area contributed by atoms with Crippen LogP contribution in [-0.4, -0.2) is 0 Å². The van der Waals surface area contributed by atoms with Gasteiger partial charge < -0.3 is 0 Å². The molecule has 3 rings (SSSR count). The lowest BCUT2D eigenvalue weighted by molar-refractivity contribution is 0.787. The van der Waals surface area contributed by atoms with Crippen LogP contribution in [0.25, 0.3) is 0 Å². The van der Waals surface area contributed by atoms with Crippen molar-refractivity contribution in [3.05, 3.63) is 69.9 Å². The minimum Gasteiger partial charge on any atom is -0.0683 e. The van der Waals surface area contributed by atoms with E-state index < -0.39 is 0 Å². The summed E-state index contributed by atoms with van der Waals surface area (Å²) in [6, 6.07) is 0. The molecular weight excluding hydrogens is 240 g/mol. The molecule has 0 N–H and O–H groups in total. The highest BCUT2D eigenvalue weighted by molar-refractivity contribution is 5.64. The molecule has 0 heterocycles. The average molecular weight is 266 g/mol. The van der Waals surface area contributed by atoms with E-state index in [-0.39, 0.29) is 0 Å². The van der Waals surface area contributed by atoms with Crippen molar-refractivity contribution in [1.29, 1.82) is 0 Å². The van der Waals surface area contributed by atoms with E-state index in [4.69, 9.17) is 0 Å². The molecule has 0 saturated carbocycles. The lowest BCUT2D eigenvalue weighted by Gasteiger charge is -2.35. The Labute approximate surface area is 124 Å². The molecule has 0 aliphatic heterocycles. The van der Waals surface area contributed by atoms with Crippen molar-refractivity contribution in [3.8, 4) is 0 Å². The van der Waals surface area contributed by atoms with Gasteiger partial charge in [0.2, 0.25) is 0 Å². The number of hydrogen-bond donors (Lipinski definition) is 0. The second-order valence-corrected chi connectivity index (χ2v) is 5.45. The fourth-order valence-corrected chi connectivity index (χ4v) is 3.34. The summed E-state index contributed by atoms with van der Waals surface area (Å²) in [5.74, 6) is 0.506. The highest BCUT2D eigenvalue weighted by atomic mass is 14.3.